The predicted molar refractivity (Wildman–Crippen MR) is 160 cm³/mol. The highest BCUT2D eigenvalue weighted by molar-refractivity contribution is 5.82. The first-order chi connectivity index (χ1) is 18.2. The number of unbranched alkanes of at least 4 members (excludes halogenated alkanes) is 8. The first kappa shape index (κ1) is 33.8. The first-order valence-electron chi connectivity index (χ1n) is 14.9. The molecule has 2 aromatic carbocycles. The van der Waals surface area contributed by atoms with Crippen LogP contribution < -0.4 is 5.32 Å². The Bertz CT molecular complexity index is 860. The Hall–Kier alpha value is -2.23. The molecule has 0 amide bonds. The fourth-order valence-corrected chi connectivity index (χ4v) is 5.13. The van der Waals surface area contributed by atoms with E-state index in [1.54, 1.807) is 0 Å². The van der Waals surface area contributed by atoms with Gasteiger partial charge in [0.2, 0.25) is 0 Å². The summed E-state index contributed by atoms with van der Waals surface area (Å²) in [6.07, 6.45) is 10.2. The Balaban J connectivity index is 0.000000616. The van der Waals surface area contributed by atoms with Gasteiger partial charge in [0, 0.05) is 5.70 Å². The lowest BCUT2D eigenvalue weighted by Crippen LogP contribution is -2.39. The van der Waals surface area contributed by atoms with E-state index in [4.69, 9.17) is 0 Å². The van der Waals surface area contributed by atoms with Gasteiger partial charge in [-0.05, 0) is 28.7 Å². The van der Waals surface area contributed by atoms with Gasteiger partial charge in [-0.3, -0.25) is 0 Å². The van der Waals surface area contributed by atoms with Crippen LogP contribution in [-0.4, -0.2) is 12.7 Å². The second-order valence-electron chi connectivity index (χ2n) is 10.3. The highest BCUT2D eigenvalue weighted by atomic mass is 19.4. The normalized spacial score (nSPS) is 12.8. The van der Waals surface area contributed by atoms with Crippen molar-refractivity contribution in [3.05, 3.63) is 71.9 Å². The summed E-state index contributed by atoms with van der Waals surface area (Å²) in [7, 11) is 0. The summed E-state index contributed by atoms with van der Waals surface area (Å²) in [5.74, 6) is 0. The van der Waals surface area contributed by atoms with Crippen LogP contribution in [0.1, 0.15) is 123 Å². The molecule has 0 bridgehead atoms. The lowest BCUT2D eigenvalue weighted by Gasteiger charge is -2.35. The third-order valence-corrected chi connectivity index (χ3v) is 7.15. The fourth-order valence-electron chi connectivity index (χ4n) is 5.13. The number of hydrogen-bond acceptors (Lipinski definition) is 1. The van der Waals surface area contributed by atoms with E-state index in [-0.39, 0.29) is 0 Å². The summed E-state index contributed by atoms with van der Waals surface area (Å²) in [4.78, 5) is 0. The molecule has 1 nitrogen and oxygen atoms in total. The number of halogens is 3. The van der Waals surface area contributed by atoms with Crippen LogP contribution in [0.25, 0.3) is 11.1 Å². The van der Waals surface area contributed by atoms with Crippen LogP contribution in [0, 0.1) is 0 Å². The topological polar surface area (TPSA) is 12.0 Å². The minimum atomic E-state index is -4.27. The number of fused-ring (bicyclic) bond motifs is 3. The zero-order valence-corrected chi connectivity index (χ0v) is 24.7. The van der Waals surface area contributed by atoms with Crippen molar-refractivity contribution in [1.82, 2.24) is 5.32 Å². The van der Waals surface area contributed by atoms with Crippen molar-refractivity contribution in [1.29, 1.82) is 0 Å². The van der Waals surface area contributed by atoms with Gasteiger partial charge in [-0.2, -0.15) is 13.2 Å². The Kier molecular flexibility index (Phi) is 16.1. The maximum Gasteiger partial charge on any atom is 0.405 e. The average Bonchev–Trinajstić information content (AvgIpc) is 3.19. The van der Waals surface area contributed by atoms with Crippen LogP contribution in [0.4, 0.5) is 13.2 Å². The first-order valence-corrected chi connectivity index (χ1v) is 14.9. The molecule has 0 aliphatic heterocycles. The molecule has 0 saturated heterocycles. The smallest absolute Gasteiger partial charge is 0.379 e. The lowest BCUT2D eigenvalue weighted by atomic mass is 9.71. The van der Waals surface area contributed by atoms with Crippen molar-refractivity contribution in [2.24, 2.45) is 0 Å². The molecule has 0 radical (unpaired) electrons. The average molecular weight is 532 g/mol. The minimum absolute atomic E-state index is 0.442. The SMILES string of the molecule is C=C(NCC(F)(F)F)C1(CCCCCCC)c2ccccc2-c2ccccc21.CCCCC.CCCCC. The largest absolute Gasteiger partial charge is 0.405 e. The molecule has 0 spiro atoms. The van der Waals surface area contributed by atoms with Crippen molar-refractivity contribution in [2.75, 3.05) is 6.54 Å². The number of allylic oxidation sites excluding steroid dienone is 1. The number of hydrogen-bond donors (Lipinski definition) is 1. The van der Waals surface area contributed by atoms with Crippen LogP contribution >= 0.6 is 0 Å². The van der Waals surface area contributed by atoms with Crippen LogP contribution in [-0.2, 0) is 5.41 Å². The van der Waals surface area contributed by atoms with Gasteiger partial charge in [0.05, 0.1) is 5.41 Å². The maximum atomic E-state index is 12.9. The Morgan fingerprint density at radius 3 is 1.47 bits per heavy atom. The Morgan fingerprint density at radius 2 is 1.08 bits per heavy atom. The summed E-state index contributed by atoms with van der Waals surface area (Å²) in [6, 6.07) is 16.1. The summed E-state index contributed by atoms with van der Waals surface area (Å²) >= 11 is 0. The zero-order valence-electron chi connectivity index (χ0n) is 24.7. The maximum absolute atomic E-state index is 12.9. The van der Waals surface area contributed by atoms with E-state index in [9.17, 15) is 13.2 Å². The third-order valence-electron chi connectivity index (χ3n) is 7.15. The van der Waals surface area contributed by atoms with Gasteiger partial charge < -0.3 is 5.32 Å². The third kappa shape index (κ3) is 10.2. The van der Waals surface area contributed by atoms with Gasteiger partial charge in [0.25, 0.3) is 0 Å². The van der Waals surface area contributed by atoms with Crippen molar-refractivity contribution in [3.63, 3.8) is 0 Å². The molecule has 3 rings (SSSR count). The molecule has 214 valence electrons. The van der Waals surface area contributed by atoms with E-state index >= 15 is 0 Å². The molecule has 0 heterocycles. The molecule has 1 aliphatic carbocycles. The molecule has 4 heteroatoms. The highest BCUT2D eigenvalue weighted by Gasteiger charge is 2.45. The molecule has 0 fully saturated rings. The van der Waals surface area contributed by atoms with E-state index in [0.717, 1.165) is 54.4 Å². The molecule has 1 aliphatic rings. The van der Waals surface area contributed by atoms with Gasteiger partial charge in [-0.1, -0.05) is 160 Å². The van der Waals surface area contributed by atoms with Crippen molar-refractivity contribution >= 4 is 0 Å². The second-order valence-corrected chi connectivity index (χ2v) is 10.3. The highest BCUT2D eigenvalue weighted by Crippen LogP contribution is 2.54. The molecular weight excluding hydrogens is 479 g/mol. The van der Waals surface area contributed by atoms with Crippen molar-refractivity contribution < 1.29 is 13.2 Å². The predicted octanol–water partition coefficient (Wildman–Crippen LogP) is 11.4. The van der Waals surface area contributed by atoms with E-state index in [2.05, 4.69) is 58.6 Å². The molecule has 2 aromatic rings. The van der Waals surface area contributed by atoms with E-state index in [0.29, 0.717) is 5.70 Å². The van der Waals surface area contributed by atoms with Gasteiger partial charge in [0.1, 0.15) is 6.54 Å². The summed E-state index contributed by atoms with van der Waals surface area (Å²) < 4.78 is 38.7. The van der Waals surface area contributed by atoms with E-state index < -0.39 is 18.1 Å². The van der Waals surface area contributed by atoms with Crippen LogP contribution in [0.3, 0.4) is 0 Å². The zero-order chi connectivity index (χ0) is 28.4. The summed E-state index contributed by atoms with van der Waals surface area (Å²) in [5, 5.41) is 2.62. The number of alkyl halides is 3. The monoisotopic (exact) mass is 531 g/mol. The molecular formula is C34H52F3N. The molecule has 1 N–H and O–H groups in total. The second kappa shape index (κ2) is 18.1. The van der Waals surface area contributed by atoms with Gasteiger partial charge in [0.15, 0.2) is 0 Å². The van der Waals surface area contributed by atoms with Gasteiger partial charge in [-0.15, -0.1) is 0 Å². The summed E-state index contributed by atoms with van der Waals surface area (Å²) in [6.45, 7) is 14.1. The van der Waals surface area contributed by atoms with Crippen LogP contribution in [0.5, 0.6) is 0 Å². The van der Waals surface area contributed by atoms with Crippen molar-refractivity contribution in [3.8, 4) is 11.1 Å². The minimum Gasteiger partial charge on any atom is -0.379 e. The van der Waals surface area contributed by atoms with Crippen molar-refractivity contribution in [2.45, 2.75) is 123 Å². The van der Waals surface area contributed by atoms with Crippen LogP contribution in [0.15, 0.2) is 60.8 Å². The summed E-state index contributed by atoms with van der Waals surface area (Å²) in [5.41, 5.74) is 4.14. The van der Waals surface area contributed by atoms with Gasteiger partial charge >= 0.3 is 6.18 Å². The number of rotatable bonds is 13. The van der Waals surface area contributed by atoms with Gasteiger partial charge in [-0.25, -0.2) is 0 Å². The number of benzene rings is 2. The Morgan fingerprint density at radius 1 is 0.658 bits per heavy atom. The quantitative estimate of drug-likeness (QED) is 0.253. The molecule has 0 saturated carbocycles. The fraction of sp³-hybridized carbons (Fsp3) is 0.588. The molecule has 0 unspecified atom stereocenters. The van der Waals surface area contributed by atoms with Crippen LogP contribution in [0.2, 0.25) is 0 Å². The Labute approximate surface area is 231 Å². The number of nitrogens with one attached hydrogen (secondary N) is 1. The molecule has 38 heavy (non-hydrogen) atoms. The van der Waals surface area contributed by atoms with E-state index in [1.165, 1.54) is 44.9 Å². The van der Waals surface area contributed by atoms with E-state index in [1.807, 2.05) is 36.4 Å². The standard InChI is InChI=1S/C24H28F3N.2C5H12/c1-3-4-5-6-11-16-23(18(2)28-17-24(25,26)27)21-14-9-7-12-19(21)20-13-8-10-15-22(20)23;2*1-3-5-4-2/h7-10,12-15,28H,2-6,11,16-17H2,1H3;2*3-5H2,1-2H3. The molecule has 0 aromatic heterocycles. The molecule has 0 atom stereocenters. The lowest BCUT2D eigenvalue weighted by molar-refractivity contribution is -0.123.